The van der Waals surface area contributed by atoms with Crippen LogP contribution in [0.5, 0.6) is 0 Å². The van der Waals surface area contributed by atoms with E-state index in [1.165, 1.54) is 18.9 Å². The van der Waals surface area contributed by atoms with Crippen LogP contribution in [0.25, 0.3) is 11.6 Å². The molecule has 2 rings (SSSR count). The van der Waals surface area contributed by atoms with Gasteiger partial charge in [0.15, 0.2) is 0 Å². The van der Waals surface area contributed by atoms with Crippen LogP contribution in [0, 0.1) is 0 Å². The summed E-state index contributed by atoms with van der Waals surface area (Å²) in [6, 6.07) is 1.96. The van der Waals surface area contributed by atoms with Crippen LogP contribution in [0.15, 0.2) is 15.7 Å². The van der Waals surface area contributed by atoms with Crippen LogP contribution < -0.4 is 0 Å². The molecule has 21 heavy (non-hydrogen) atoms. The third-order valence-corrected chi connectivity index (χ3v) is 3.70. The van der Waals surface area contributed by atoms with E-state index in [0.29, 0.717) is 23.3 Å². The lowest BCUT2D eigenvalue weighted by atomic mass is 10.3. The fourth-order valence-electron chi connectivity index (χ4n) is 1.75. The predicted molar refractivity (Wildman–Crippen MR) is 77.9 cm³/mol. The first-order valence-corrected chi connectivity index (χ1v) is 7.76. The quantitative estimate of drug-likeness (QED) is 0.572. The highest BCUT2D eigenvalue weighted by molar-refractivity contribution is 7.99. The van der Waals surface area contributed by atoms with E-state index in [9.17, 15) is 4.79 Å². The predicted octanol–water partition coefficient (Wildman–Crippen LogP) is 2.17. The minimum atomic E-state index is -0.251. The normalized spacial score (nSPS) is 10.8. The van der Waals surface area contributed by atoms with Crippen molar-refractivity contribution in [1.29, 1.82) is 0 Å². The Morgan fingerprint density at radius 1 is 1.43 bits per heavy atom. The van der Waals surface area contributed by atoms with Gasteiger partial charge in [0.05, 0.1) is 19.2 Å². The molecule has 7 nitrogen and oxygen atoms in total. The van der Waals surface area contributed by atoms with E-state index < -0.39 is 0 Å². The van der Waals surface area contributed by atoms with Gasteiger partial charge in [0, 0.05) is 12.3 Å². The molecule has 0 aliphatic heterocycles. The van der Waals surface area contributed by atoms with E-state index in [1.807, 2.05) is 24.6 Å². The minimum Gasteiger partial charge on any atom is -0.469 e. The van der Waals surface area contributed by atoms with E-state index in [0.717, 1.165) is 24.4 Å². The van der Waals surface area contributed by atoms with Crippen molar-refractivity contribution in [2.75, 3.05) is 12.9 Å². The Morgan fingerprint density at radius 3 is 2.90 bits per heavy atom. The number of nitrogens with zero attached hydrogens (tertiary/aromatic N) is 4. The maximum absolute atomic E-state index is 11.0. The van der Waals surface area contributed by atoms with E-state index in [2.05, 4.69) is 20.0 Å². The molecule has 0 amide bonds. The fourth-order valence-corrected chi connectivity index (χ4v) is 2.43. The summed E-state index contributed by atoms with van der Waals surface area (Å²) in [5, 5.41) is 12.9. The van der Waals surface area contributed by atoms with Gasteiger partial charge < -0.3 is 9.15 Å². The lowest BCUT2D eigenvalue weighted by molar-refractivity contribution is -0.140. The van der Waals surface area contributed by atoms with Gasteiger partial charge in [-0.15, -0.1) is 10.2 Å². The molecule has 0 saturated heterocycles. The Kier molecular flexibility index (Phi) is 5.38. The van der Waals surface area contributed by atoms with Crippen molar-refractivity contribution < 1.29 is 13.9 Å². The molecular formula is C13H18N4O3S. The molecule has 0 bridgehead atoms. The van der Waals surface area contributed by atoms with Gasteiger partial charge in [-0.05, 0) is 19.4 Å². The Hall–Kier alpha value is -1.83. The minimum absolute atomic E-state index is 0.251. The standard InChI is InChI=1S/C13H18N4O3S/c1-4-9-8-10(17(5-2)16-9)12-14-15-13(20-12)21-7-6-11(18)19-3/h8H,4-7H2,1-3H3. The highest BCUT2D eigenvalue weighted by atomic mass is 32.2. The molecule has 0 atom stereocenters. The number of carbonyl (C=O) groups is 1. The van der Waals surface area contributed by atoms with Gasteiger partial charge in [-0.2, -0.15) is 5.10 Å². The number of hydrogen-bond acceptors (Lipinski definition) is 7. The maximum Gasteiger partial charge on any atom is 0.306 e. The summed E-state index contributed by atoms with van der Waals surface area (Å²) in [5.74, 6) is 0.741. The molecule has 0 radical (unpaired) electrons. The molecule has 8 heteroatoms. The topological polar surface area (TPSA) is 83.0 Å². The fraction of sp³-hybridized carbons (Fsp3) is 0.538. The van der Waals surface area contributed by atoms with Crippen LogP contribution >= 0.6 is 11.8 Å². The third kappa shape index (κ3) is 3.84. The molecule has 0 fully saturated rings. The van der Waals surface area contributed by atoms with Gasteiger partial charge in [0.25, 0.3) is 11.1 Å². The molecule has 0 aromatic carbocycles. The third-order valence-electron chi connectivity index (χ3n) is 2.88. The first-order valence-electron chi connectivity index (χ1n) is 6.78. The molecule has 0 aliphatic rings. The van der Waals surface area contributed by atoms with Gasteiger partial charge >= 0.3 is 5.97 Å². The number of aryl methyl sites for hydroxylation is 2. The van der Waals surface area contributed by atoms with Crippen LogP contribution in [-0.4, -0.2) is 38.8 Å². The summed E-state index contributed by atoms with van der Waals surface area (Å²) in [5.41, 5.74) is 1.81. The number of hydrogen-bond donors (Lipinski definition) is 0. The van der Waals surface area contributed by atoms with Crippen molar-refractivity contribution in [2.45, 2.75) is 38.5 Å². The number of ether oxygens (including phenoxy) is 1. The Labute approximate surface area is 127 Å². The molecule has 114 valence electrons. The average molecular weight is 310 g/mol. The second kappa shape index (κ2) is 7.26. The molecule has 0 N–H and O–H groups in total. The van der Waals surface area contributed by atoms with Crippen LogP contribution in [0.2, 0.25) is 0 Å². The second-order valence-corrected chi connectivity index (χ2v) is 5.28. The van der Waals surface area contributed by atoms with Crippen LogP contribution in [0.4, 0.5) is 0 Å². The zero-order valence-electron chi connectivity index (χ0n) is 12.3. The zero-order valence-corrected chi connectivity index (χ0v) is 13.1. The van der Waals surface area contributed by atoms with E-state index in [-0.39, 0.29) is 5.97 Å². The summed E-state index contributed by atoms with van der Waals surface area (Å²) < 4.78 is 12.0. The van der Waals surface area contributed by atoms with Crippen molar-refractivity contribution in [3.8, 4) is 11.6 Å². The number of aromatic nitrogens is 4. The van der Waals surface area contributed by atoms with Crippen molar-refractivity contribution in [3.63, 3.8) is 0 Å². The van der Waals surface area contributed by atoms with E-state index in [4.69, 9.17) is 4.42 Å². The molecule has 0 saturated carbocycles. The zero-order chi connectivity index (χ0) is 15.2. The molecule has 0 aliphatic carbocycles. The number of carbonyl (C=O) groups excluding carboxylic acids is 1. The average Bonchev–Trinajstić information content (AvgIpc) is 3.12. The largest absolute Gasteiger partial charge is 0.469 e. The van der Waals surface area contributed by atoms with Gasteiger partial charge in [-0.1, -0.05) is 18.7 Å². The van der Waals surface area contributed by atoms with Crippen molar-refractivity contribution in [2.24, 2.45) is 0 Å². The lowest BCUT2D eigenvalue weighted by Gasteiger charge is -1.99. The number of thioether (sulfide) groups is 1. The molecular weight excluding hydrogens is 292 g/mol. The summed E-state index contributed by atoms with van der Waals surface area (Å²) >= 11 is 1.33. The van der Waals surface area contributed by atoms with Gasteiger partial charge in [-0.3, -0.25) is 9.48 Å². The summed E-state index contributed by atoms with van der Waals surface area (Å²) in [4.78, 5) is 11.0. The van der Waals surface area contributed by atoms with Gasteiger partial charge in [0.2, 0.25) is 0 Å². The van der Waals surface area contributed by atoms with Crippen molar-refractivity contribution >= 4 is 17.7 Å². The first kappa shape index (κ1) is 15.6. The first-order chi connectivity index (χ1) is 10.2. The molecule has 2 heterocycles. The van der Waals surface area contributed by atoms with Gasteiger partial charge in [-0.25, -0.2) is 0 Å². The Bertz CT molecular complexity index is 608. The van der Waals surface area contributed by atoms with Crippen LogP contribution in [-0.2, 0) is 22.5 Å². The van der Waals surface area contributed by atoms with Crippen LogP contribution in [0.3, 0.4) is 0 Å². The van der Waals surface area contributed by atoms with Gasteiger partial charge in [0.1, 0.15) is 5.69 Å². The molecule has 0 spiro atoms. The summed E-state index contributed by atoms with van der Waals surface area (Å²) in [6.45, 7) is 4.80. The highest BCUT2D eigenvalue weighted by Crippen LogP contribution is 2.24. The van der Waals surface area contributed by atoms with Crippen molar-refractivity contribution in [1.82, 2.24) is 20.0 Å². The molecule has 2 aromatic heterocycles. The second-order valence-electron chi connectivity index (χ2n) is 4.24. The Balaban J connectivity index is 2.05. The van der Waals surface area contributed by atoms with E-state index in [1.54, 1.807) is 0 Å². The number of rotatable bonds is 7. The Morgan fingerprint density at radius 2 is 2.24 bits per heavy atom. The van der Waals surface area contributed by atoms with Crippen LogP contribution in [0.1, 0.15) is 26.0 Å². The highest BCUT2D eigenvalue weighted by Gasteiger charge is 2.15. The van der Waals surface area contributed by atoms with E-state index >= 15 is 0 Å². The molecule has 0 unspecified atom stereocenters. The number of methoxy groups -OCH3 is 1. The smallest absolute Gasteiger partial charge is 0.306 e. The molecule has 2 aromatic rings. The summed E-state index contributed by atoms with van der Waals surface area (Å²) in [6.07, 6.45) is 1.17. The van der Waals surface area contributed by atoms with Crippen molar-refractivity contribution in [3.05, 3.63) is 11.8 Å². The number of esters is 1. The lowest BCUT2D eigenvalue weighted by Crippen LogP contribution is -2.00. The maximum atomic E-state index is 11.0. The summed E-state index contributed by atoms with van der Waals surface area (Å²) in [7, 11) is 1.37. The SMILES string of the molecule is CCc1cc(-c2nnc(SCCC(=O)OC)o2)n(CC)n1. The monoisotopic (exact) mass is 310 g/mol.